The van der Waals surface area contributed by atoms with Crippen LogP contribution >= 0.6 is 0 Å². The number of ether oxygens (including phenoxy) is 1. The molecule has 0 heterocycles. The van der Waals surface area contributed by atoms with Gasteiger partial charge in [0, 0.05) is 0 Å². The van der Waals surface area contributed by atoms with Crippen LogP contribution in [-0.2, 0) is 23.0 Å². The number of hydrogen-bond donors (Lipinski definition) is 1. The predicted octanol–water partition coefficient (Wildman–Crippen LogP) is 8.78. The van der Waals surface area contributed by atoms with Crippen LogP contribution in [-0.4, -0.2) is 18.9 Å². The summed E-state index contributed by atoms with van der Waals surface area (Å²) in [7, 11) is -4.32. The van der Waals surface area contributed by atoms with Gasteiger partial charge in [-0.2, -0.15) is 8.42 Å². The first-order chi connectivity index (χ1) is 19.4. The highest BCUT2D eigenvalue weighted by Gasteiger charge is 2.33. The van der Waals surface area contributed by atoms with Crippen molar-refractivity contribution in [2.45, 2.75) is 138 Å². The molecule has 0 spiro atoms. The lowest BCUT2D eigenvalue weighted by Gasteiger charge is -2.32. The van der Waals surface area contributed by atoms with Crippen LogP contribution < -0.4 is 4.74 Å². The second-order valence-electron chi connectivity index (χ2n) is 12.8. The van der Waals surface area contributed by atoms with Crippen molar-refractivity contribution in [2.75, 3.05) is 0 Å². The summed E-state index contributed by atoms with van der Waals surface area (Å²) in [6.07, 6.45) is 20.2. The minimum atomic E-state index is -4.32. The molecule has 0 saturated heterocycles. The van der Waals surface area contributed by atoms with Gasteiger partial charge in [-0.3, -0.25) is 4.55 Å². The Kier molecular flexibility index (Phi) is 8.37. The first-order valence-electron chi connectivity index (χ1n) is 15.9. The number of esters is 1. The fourth-order valence-corrected chi connectivity index (χ4v) is 9.00. The molecule has 0 atom stereocenters. The highest BCUT2D eigenvalue weighted by molar-refractivity contribution is 7.85. The Balaban J connectivity index is 1.44. The van der Waals surface area contributed by atoms with E-state index in [0.717, 1.165) is 43.2 Å². The zero-order valence-corrected chi connectivity index (χ0v) is 24.6. The van der Waals surface area contributed by atoms with E-state index in [4.69, 9.17) is 4.74 Å². The third-order valence-electron chi connectivity index (χ3n) is 10.3. The van der Waals surface area contributed by atoms with Gasteiger partial charge in [0.1, 0.15) is 5.75 Å². The molecule has 2 aromatic carbocycles. The first kappa shape index (κ1) is 28.0. The summed E-state index contributed by atoms with van der Waals surface area (Å²) in [5.41, 5.74) is 6.00. The molecule has 0 amide bonds. The molecule has 6 rings (SSSR count). The van der Waals surface area contributed by atoms with E-state index in [1.165, 1.54) is 93.4 Å². The summed E-state index contributed by atoms with van der Waals surface area (Å²) in [4.78, 5) is 14.3. The summed E-state index contributed by atoms with van der Waals surface area (Å²) in [5, 5.41) is 0. The second kappa shape index (κ2) is 12.0. The fourth-order valence-electron chi connectivity index (χ4n) is 8.22. The van der Waals surface area contributed by atoms with Crippen LogP contribution in [0.15, 0.2) is 29.2 Å². The molecule has 0 bridgehead atoms. The Labute approximate surface area is 239 Å². The van der Waals surface area contributed by atoms with Gasteiger partial charge in [0.25, 0.3) is 10.1 Å². The largest absolute Gasteiger partial charge is 0.423 e. The Bertz CT molecular complexity index is 1300. The number of rotatable bonds is 6. The maximum absolute atomic E-state index is 14.3. The highest BCUT2D eigenvalue weighted by atomic mass is 32.2. The van der Waals surface area contributed by atoms with Crippen LogP contribution in [0.4, 0.5) is 0 Å². The van der Waals surface area contributed by atoms with E-state index < -0.39 is 10.1 Å². The Morgan fingerprint density at radius 1 is 0.675 bits per heavy atom. The average molecular weight is 565 g/mol. The normalized spacial score (nSPS) is 21.3. The zero-order valence-electron chi connectivity index (χ0n) is 23.8. The van der Waals surface area contributed by atoms with Crippen molar-refractivity contribution >= 4 is 16.1 Å². The van der Waals surface area contributed by atoms with Crippen LogP contribution in [0, 0.1) is 0 Å². The Morgan fingerprint density at radius 3 is 1.70 bits per heavy atom. The van der Waals surface area contributed by atoms with Crippen molar-refractivity contribution in [3.8, 4) is 5.75 Å². The Morgan fingerprint density at radius 2 is 1.18 bits per heavy atom. The molecule has 3 saturated carbocycles. The molecular weight excluding hydrogens is 520 g/mol. The summed E-state index contributed by atoms with van der Waals surface area (Å²) in [6.45, 7) is 0. The number of fused-ring (bicyclic) bond motifs is 1. The monoisotopic (exact) mass is 564 g/mol. The maximum Gasteiger partial charge on any atom is 0.344 e. The average Bonchev–Trinajstić information content (AvgIpc) is 3.48. The molecule has 4 aliphatic carbocycles. The van der Waals surface area contributed by atoms with E-state index in [2.05, 4.69) is 12.1 Å². The molecule has 4 aliphatic rings. The number of benzene rings is 2. The van der Waals surface area contributed by atoms with E-state index >= 15 is 0 Å². The molecule has 0 aromatic heterocycles. The molecule has 0 unspecified atom stereocenters. The molecule has 0 radical (unpaired) electrons. The van der Waals surface area contributed by atoms with E-state index in [9.17, 15) is 17.8 Å². The summed E-state index contributed by atoms with van der Waals surface area (Å²) >= 11 is 0. The number of hydrogen-bond acceptors (Lipinski definition) is 4. The van der Waals surface area contributed by atoms with Crippen LogP contribution in [0.2, 0.25) is 0 Å². The fraction of sp³-hybridized carbons (Fsp3) is 0.618. The predicted molar refractivity (Wildman–Crippen MR) is 157 cm³/mol. The molecule has 5 nitrogen and oxygen atoms in total. The summed E-state index contributed by atoms with van der Waals surface area (Å²) in [5.74, 6) is 1.51. The third kappa shape index (κ3) is 5.76. The minimum absolute atomic E-state index is 0.0533. The third-order valence-corrected chi connectivity index (χ3v) is 11.2. The lowest BCUT2D eigenvalue weighted by molar-refractivity contribution is 0.0729. The van der Waals surface area contributed by atoms with E-state index in [-0.39, 0.29) is 10.9 Å². The molecular formula is C34H44O5S. The molecule has 1 N–H and O–H groups in total. The van der Waals surface area contributed by atoms with Gasteiger partial charge < -0.3 is 4.74 Å². The topological polar surface area (TPSA) is 80.7 Å². The highest BCUT2D eigenvalue weighted by Crippen LogP contribution is 2.45. The van der Waals surface area contributed by atoms with Gasteiger partial charge in [-0.05, 0) is 115 Å². The molecule has 2 aromatic rings. The second-order valence-corrected chi connectivity index (χ2v) is 14.2. The van der Waals surface area contributed by atoms with Gasteiger partial charge in [0.2, 0.25) is 0 Å². The standard InChI is InChI=1S/C34H44O5S/c35-34(39-31-19-20-32(40(36,37)38)28-18-10-17-27(28)31)33-29(24-13-6-2-7-14-24)21-26(23-11-4-1-5-12-23)22-30(33)25-15-8-3-9-16-25/h19-25H,1-18H2,(H,36,37,38). The summed E-state index contributed by atoms with van der Waals surface area (Å²) < 4.78 is 40.0. The molecule has 6 heteroatoms. The van der Waals surface area contributed by atoms with Gasteiger partial charge in [-0.15, -0.1) is 0 Å². The van der Waals surface area contributed by atoms with Crippen molar-refractivity contribution in [1.29, 1.82) is 0 Å². The van der Waals surface area contributed by atoms with Crippen molar-refractivity contribution in [3.63, 3.8) is 0 Å². The first-order valence-corrected chi connectivity index (χ1v) is 17.4. The zero-order chi connectivity index (χ0) is 27.7. The van der Waals surface area contributed by atoms with Gasteiger partial charge in [-0.25, -0.2) is 4.79 Å². The van der Waals surface area contributed by atoms with Gasteiger partial charge in [0.15, 0.2) is 0 Å². The van der Waals surface area contributed by atoms with Gasteiger partial charge in [0.05, 0.1) is 10.5 Å². The van der Waals surface area contributed by atoms with Crippen molar-refractivity contribution in [1.82, 2.24) is 0 Å². The van der Waals surface area contributed by atoms with Crippen LogP contribution in [0.5, 0.6) is 5.75 Å². The van der Waals surface area contributed by atoms with Crippen LogP contribution in [0.1, 0.15) is 159 Å². The van der Waals surface area contributed by atoms with Gasteiger partial charge >= 0.3 is 5.97 Å². The van der Waals surface area contributed by atoms with Crippen LogP contribution in [0.3, 0.4) is 0 Å². The van der Waals surface area contributed by atoms with E-state index in [1.807, 2.05) is 0 Å². The van der Waals surface area contributed by atoms with Crippen molar-refractivity contribution in [2.24, 2.45) is 0 Å². The Hall–Kier alpha value is -2.18. The quantitative estimate of drug-likeness (QED) is 0.215. The van der Waals surface area contributed by atoms with E-state index in [1.54, 1.807) is 6.07 Å². The SMILES string of the molecule is O=C(Oc1ccc(S(=O)(=O)O)c2c1CCC2)c1c(C2CCCCC2)cc(C2CCCCC2)cc1C1CCCCC1. The van der Waals surface area contributed by atoms with Crippen molar-refractivity contribution < 1.29 is 22.5 Å². The molecule has 40 heavy (non-hydrogen) atoms. The minimum Gasteiger partial charge on any atom is -0.423 e. The smallest absolute Gasteiger partial charge is 0.344 e. The molecule has 3 fully saturated rings. The maximum atomic E-state index is 14.3. The van der Waals surface area contributed by atoms with Gasteiger partial charge in [-0.1, -0.05) is 69.9 Å². The number of carbonyl (C=O) groups excluding carboxylic acids is 1. The lowest BCUT2D eigenvalue weighted by atomic mass is 9.73. The van der Waals surface area contributed by atoms with Crippen molar-refractivity contribution in [3.05, 3.63) is 57.6 Å². The summed E-state index contributed by atoms with van der Waals surface area (Å²) in [6, 6.07) is 7.75. The van der Waals surface area contributed by atoms with Crippen LogP contribution in [0.25, 0.3) is 0 Å². The number of carbonyl (C=O) groups is 1. The molecule has 0 aliphatic heterocycles. The van der Waals surface area contributed by atoms with E-state index in [0.29, 0.717) is 41.9 Å². The molecule has 216 valence electrons. The lowest BCUT2D eigenvalue weighted by Crippen LogP contribution is -2.22.